The first-order valence-corrected chi connectivity index (χ1v) is 58.1. The average molecular weight is 2230 g/mol. The van der Waals surface area contributed by atoms with Gasteiger partial charge in [0.05, 0.1) is 89.7 Å². The van der Waals surface area contributed by atoms with E-state index in [-0.39, 0.29) is 132 Å². The number of ether oxygens (including phenoxy) is 11. The van der Waals surface area contributed by atoms with E-state index >= 15 is 0 Å². The summed E-state index contributed by atoms with van der Waals surface area (Å²) in [6.07, 6.45) is 1.75. The first-order chi connectivity index (χ1) is 68.7. The summed E-state index contributed by atoms with van der Waals surface area (Å²) < 4.78 is 60.8. The lowest BCUT2D eigenvalue weighted by Gasteiger charge is -2.58. The molecule has 758 valence electrons. The Bertz CT molecular complexity index is 7130. The molecule has 5 aromatic rings. The maximum Gasteiger partial charge on any atom is 0.262 e. The van der Waals surface area contributed by atoms with Crippen LogP contribution in [0, 0.1) is 73.6 Å². The molecule has 4 unspecified atom stereocenters. The summed E-state index contributed by atoms with van der Waals surface area (Å²) in [5, 5.41) is 50.8. The Morgan fingerprint density at radius 1 is 0.414 bits per heavy atom. The highest BCUT2D eigenvalue weighted by Crippen LogP contribution is 2.74. The van der Waals surface area contributed by atoms with Crippen molar-refractivity contribution < 1.29 is 105 Å². The van der Waals surface area contributed by atoms with E-state index in [4.69, 9.17) is 103 Å². The molecule has 0 aliphatic carbocycles. The van der Waals surface area contributed by atoms with Crippen LogP contribution in [-0.2, 0) is 135 Å². The van der Waals surface area contributed by atoms with E-state index < -0.39 is 144 Å². The highest BCUT2D eigenvalue weighted by Gasteiger charge is 2.87. The quantitative estimate of drug-likeness (QED) is 0.106. The van der Waals surface area contributed by atoms with Gasteiger partial charge < -0.3 is 111 Å². The van der Waals surface area contributed by atoms with Gasteiger partial charge in [-0.05, 0) is 192 Å². The maximum absolute atomic E-state index is 13.9. The van der Waals surface area contributed by atoms with Crippen molar-refractivity contribution in [3.05, 3.63) is 129 Å². The maximum atomic E-state index is 13.9. The summed E-state index contributed by atoms with van der Waals surface area (Å²) in [6, 6.07) is 32.0. The Morgan fingerprint density at radius 2 is 0.752 bits per heavy atom. The first-order valence-electron chi connectivity index (χ1n) is 46.5. The molecule has 38 nitrogen and oxygen atoms in total. The van der Waals surface area contributed by atoms with E-state index in [9.17, 15) is 74.1 Å². The number of carbonyl (C=O) groups is 10. The summed E-state index contributed by atoms with van der Waals surface area (Å²) >= 11 is 26.8. The molecule has 49 heteroatoms. The third-order valence-electron chi connectivity index (χ3n) is 33.8. The van der Waals surface area contributed by atoms with Gasteiger partial charge in [0.2, 0.25) is 34.0 Å². The number of hydrogen-bond donors (Lipinski definition) is 1. The fourth-order valence-corrected chi connectivity index (χ4v) is 44.5. The minimum Gasteiger partial charge on any atom is -0.454 e. The fourth-order valence-electron chi connectivity index (χ4n) is 26.1. The minimum atomic E-state index is -1.23. The third-order valence-corrected chi connectivity index (χ3v) is 54.7. The first kappa shape index (κ1) is 99.2. The second-order valence-electron chi connectivity index (χ2n) is 40.9. The molecule has 1 N–H and O–H groups in total. The van der Waals surface area contributed by atoms with Gasteiger partial charge in [-0.3, -0.25) is 52.8 Å². The highest BCUT2D eigenvalue weighted by molar-refractivity contribution is 9.10. The number of nitrogens with zero attached hydrogens (tertiary/aromatic N) is 16. The van der Waals surface area contributed by atoms with Crippen LogP contribution in [0.5, 0.6) is 57.5 Å². The van der Waals surface area contributed by atoms with E-state index in [1.165, 1.54) is 41.2 Å². The smallest absolute Gasteiger partial charge is 0.262 e. The highest BCUT2D eigenvalue weighted by atomic mass is 79.9. The van der Waals surface area contributed by atoms with Gasteiger partial charge in [-0.15, -0.1) is 0 Å². The van der Waals surface area contributed by atoms with Crippen molar-refractivity contribution in [3.63, 3.8) is 0 Å². The van der Waals surface area contributed by atoms with E-state index in [2.05, 4.69) is 50.0 Å². The molecule has 22 heterocycles. The molecule has 22 aliphatic heterocycles. The number of carbonyl (C=O) groups excluding carboxylic acids is 10. The van der Waals surface area contributed by atoms with Gasteiger partial charge >= 0.3 is 0 Å². The van der Waals surface area contributed by atoms with E-state index in [0.29, 0.717) is 113 Å². The molecular weight excluding hydrogens is 2130 g/mol. The topological polar surface area (TPSA) is 428 Å². The number of hydrogen-bond acceptors (Lipinski definition) is 33. The number of morpholine rings is 1. The number of aliphatic hydroxyl groups is 1. The molecule has 0 radical (unpaired) electrons. The average Bonchev–Trinajstić information content (AvgIpc) is 1.39. The largest absolute Gasteiger partial charge is 0.454 e. The number of amides is 10. The number of benzene rings is 5. The number of likely N-dealkylation sites (N-methyl/N-ethyl adjacent to an activating group) is 5. The van der Waals surface area contributed by atoms with Crippen molar-refractivity contribution >= 4 is 179 Å². The Kier molecular flexibility index (Phi) is 22.4. The lowest BCUT2D eigenvalue weighted by Crippen LogP contribution is -2.74. The number of fused-ring (bicyclic) bond motifs is 11. The van der Waals surface area contributed by atoms with Gasteiger partial charge in [-0.1, -0.05) is 97.1 Å². The van der Waals surface area contributed by atoms with Crippen LogP contribution in [0.25, 0.3) is 4.85 Å². The molecule has 27 rings (SSSR count). The van der Waals surface area contributed by atoms with Gasteiger partial charge in [-0.2, -0.15) is 21.0 Å². The zero-order chi connectivity index (χ0) is 103. The van der Waals surface area contributed by atoms with Crippen molar-refractivity contribution in [3.8, 4) is 81.8 Å². The normalized spacial score (nSPS) is 39.6. The molecule has 5 spiro atoms. The van der Waals surface area contributed by atoms with E-state index in [1.54, 1.807) is 155 Å². The molecular formula is C96H95BrN16O22S10. The van der Waals surface area contributed by atoms with Crippen LogP contribution < -0.4 is 47.4 Å². The number of piperazine rings is 5. The van der Waals surface area contributed by atoms with Gasteiger partial charge in [-0.25, -0.2) is 6.57 Å². The molecule has 145 heavy (non-hydrogen) atoms. The van der Waals surface area contributed by atoms with Crippen molar-refractivity contribution in [1.82, 2.24) is 53.9 Å². The Balaban J connectivity index is 0.000000103. The van der Waals surface area contributed by atoms with Crippen molar-refractivity contribution in [2.45, 2.75) is 185 Å². The van der Waals surface area contributed by atoms with Gasteiger partial charge in [0.25, 0.3) is 64.6 Å². The van der Waals surface area contributed by atoms with Crippen LogP contribution in [0.3, 0.4) is 0 Å². The van der Waals surface area contributed by atoms with Crippen LogP contribution >= 0.6 is 37.5 Å². The minimum absolute atomic E-state index is 0.0949. The van der Waals surface area contributed by atoms with Gasteiger partial charge in [0.1, 0.15) is 6.04 Å². The molecule has 17 fully saturated rings. The zero-order valence-electron chi connectivity index (χ0n) is 80.3. The molecule has 17 saturated heterocycles. The summed E-state index contributed by atoms with van der Waals surface area (Å²) in [5.41, 5.74) is -1.25. The summed E-state index contributed by atoms with van der Waals surface area (Å²) in [6.45, 7) is 25.7. The van der Waals surface area contributed by atoms with Crippen molar-refractivity contribution in [2.75, 3.05) is 109 Å². The van der Waals surface area contributed by atoms with Crippen molar-refractivity contribution in [2.24, 2.45) is 21.7 Å². The van der Waals surface area contributed by atoms with Crippen LogP contribution in [0.1, 0.15) is 158 Å². The molecule has 10 bridgehead atoms. The summed E-state index contributed by atoms with van der Waals surface area (Å²) in [5.74, 6) is 4.28. The number of aliphatic hydroxyl groups excluding tert-OH is 1. The lowest BCUT2D eigenvalue weighted by atomic mass is 9.75. The Morgan fingerprint density at radius 3 is 1.14 bits per heavy atom. The summed E-state index contributed by atoms with van der Waals surface area (Å²) in [4.78, 5) is 146. The Labute approximate surface area is 877 Å². The Hall–Kier alpha value is -10.4. The van der Waals surface area contributed by atoms with Crippen LogP contribution in [0.4, 0.5) is 0 Å². The van der Waals surface area contributed by atoms with Gasteiger partial charge in [0.15, 0.2) is 106 Å². The molecule has 0 saturated carbocycles. The van der Waals surface area contributed by atoms with E-state index in [0.717, 1.165) is 22.3 Å². The van der Waals surface area contributed by atoms with Crippen molar-refractivity contribution in [1.29, 1.82) is 21.0 Å². The predicted octanol–water partition coefficient (Wildman–Crippen LogP) is 7.26. The fraction of sp³-hybridized carbons (Fsp3) is 0.531. The zero-order valence-corrected chi connectivity index (χ0v) is 90.1. The molecule has 5 aromatic carbocycles. The van der Waals surface area contributed by atoms with Crippen LogP contribution in [-0.4, -0.2) is 281 Å². The monoisotopic (exact) mass is 2220 g/mol. The summed E-state index contributed by atoms with van der Waals surface area (Å²) in [7, 11) is 7.19. The second kappa shape index (κ2) is 32.8. The van der Waals surface area contributed by atoms with E-state index in [1.807, 2.05) is 50.2 Å². The second-order valence-corrected chi connectivity index (χ2v) is 56.5. The third kappa shape index (κ3) is 12.1. The predicted molar refractivity (Wildman–Crippen MR) is 537 cm³/mol. The van der Waals surface area contributed by atoms with Crippen LogP contribution in [0.2, 0.25) is 0 Å². The molecule has 22 aliphatic rings. The standard InChI is InChI=1S/C22H24N4O5S2.C19H19N3O5S2.C19H19N3O4S2.C18H16BrN3O4S2.C18H17N3O4S2/c1-20-18(27)26-17(14-3-4-15-16(9-14)31-13-30-15)21(11-23,12-25-5-7-29-8-6-25)10-22(26,33(20)32)19(28)24(20)2;1-17-15(24)22-14(11-3-4-12-13(7-11)27-10-26-12)18(9-20,5-6-23)8-19(22,29(17)28)16(25)21(17)2;1-4-18-16(24)22-14(11-5-6-12-13(7-11)26-10-25-12)17(2,9-20)8-19(22,28-27-18)15(23)21(18)3;1-16(20-3)7-18-15(24)21(4)17(2,28(18)27)14(23)22(18)13(16)9-5-11-12(6-10(9)19)26-8-25-11;1-16(8-19)7-18-15(23)20(3)17(2,27(18)26)14(22)21(18)13(16)10-4-5-11-12(6-10)25-9-24-11/h3-4,9,17H,5-8,10,12-13H2,1-2H3;3-4,7,14,23H,5-6,8,10H2,1-2H3;5-7,14H,4,8,10H2,1-3H3;5-6,13H,7-8H2,1-2,4H3;4-6,13H,7,9H2,1-3H3/t17-,20-,21+,22-,33?;14-,17-,18+,19-,29?;14-,17+,18+,19-;13-,16-,17-,18-,28?;13-,16+,17-,18-,27?/m00000/s1. The number of halogens is 1. The SMILES string of the molecule is CC[C@@]12SS[C@@]3(C[C@](C)(C#N)[C@H](c4ccc5c(c4)OCO5)N3C1=O)C(=O)N2C.CN1C(=O)[C@@]23C[C@@](C#N)(CCO)[C@H](c4ccc5c(c4)OCO5)N2C(=O)[C@]1(C)S3=S.CN1C(=O)[C@@]23C[C@@](C#N)(CN4CCOCC4)[C@H](c4ccc5c(c4)OCO5)N2C(=O)[C@]1(C)S3=S.CN1C(=O)[C@@]23C[C@](C)(C#N)[C@H](c4ccc5c(c4)OCO5)N2C(=O)[C@]1(C)S3=S.[C-]#[N+][C@@]1(C)C[C@]23C(=O)N(C)[C@](C)(C(=O)N2[C@H]1c1cc2c(cc1Br)OCO2)S3=S. The molecule has 10 amide bonds. The number of rotatable bonds is 10. The van der Waals surface area contributed by atoms with Crippen LogP contribution in [0.15, 0.2) is 89.4 Å². The molecule has 24 atom stereocenters. The number of nitriles is 4. The lowest BCUT2D eigenvalue weighted by molar-refractivity contribution is -0.165. The molecule has 0 aromatic heterocycles. The van der Waals surface area contributed by atoms with Gasteiger partial charge in [0, 0.05) is 104 Å².